The van der Waals surface area contributed by atoms with Crippen molar-refractivity contribution in [3.63, 3.8) is 0 Å². The van der Waals surface area contributed by atoms with Crippen LogP contribution in [0, 0.1) is 6.92 Å². The summed E-state index contributed by atoms with van der Waals surface area (Å²) in [7, 11) is -1.93. The van der Waals surface area contributed by atoms with Crippen molar-refractivity contribution in [2.24, 2.45) is 0 Å². The molecule has 1 atom stereocenters. The van der Waals surface area contributed by atoms with E-state index in [2.05, 4.69) is 5.32 Å². The minimum atomic E-state index is -3.53. The maximum Gasteiger partial charge on any atom is 0.258 e. The number of benzene rings is 2. The second kappa shape index (κ2) is 10.4. The molecule has 7 nitrogen and oxygen atoms in total. The van der Waals surface area contributed by atoms with Crippen molar-refractivity contribution in [2.45, 2.75) is 38.6 Å². The summed E-state index contributed by atoms with van der Waals surface area (Å²) in [5.74, 6) is 0.959. The molecule has 2 aromatic carbocycles. The van der Waals surface area contributed by atoms with Gasteiger partial charge in [0.15, 0.2) is 6.61 Å². The Labute approximate surface area is 179 Å². The molecular formula is C22H30N2O5S. The Balaban J connectivity index is 1.99. The first-order chi connectivity index (χ1) is 14.2. The van der Waals surface area contributed by atoms with Gasteiger partial charge < -0.3 is 14.8 Å². The number of carbonyl (C=O) groups is 1. The first-order valence-corrected chi connectivity index (χ1v) is 11.3. The number of hydrogen-bond acceptors (Lipinski definition) is 5. The van der Waals surface area contributed by atoms with Gasteiger partial charge in [0.2, 0.25) is 10.0 Å². The summed E-state index contributed by atoms with van der Waals surface area (Å²) in [6.45, 7) is 7.90. The van der Waals surface area contributed by atoms with E-state index in [4.69, 9.17) is 9.47 Å². The maximum absolute atomic E-state index is 12.6. The Morgan fingerprint density at radius 1 is 1.10 bits per heavy atom. The number of ether oxygens (including phenoxy) is 2. The van der Waals surface area contributed by atoms with Crippen LogP contribution in [0.3, 0.4) is 0 Å². The molecule has 0 spiro atoms. The van der Waals surface area contributed by atoms with Crippen LogP contribution in [-0.4, -0.2) is 45.4 Å². The molecule has 0 aliphatic rings. The van der Waals surface area contributed by atoms with Crippen molar-refractivity contribution < 1.29 is 22.7 Å². The van der Waals surface area contributed by atoms with E-state index in [0.29, 0.717) is 24.4 Å². The molecule has 0 saturated carbocycles. The van der Waals surface area contributed by atoms with E-state index in [9.17, 15) is 13.2 Å². The highest BCUT2D eigenvalue weighted by molar-refractivity contribution is 7.89. The van der Waals surface area contributed by atoms with Crippen LogP contribution in [0.2, 0.25) is 0 Å². The zero-order valence-electron chi connectivity index (χ0n) is 18.1. The van der Waals surface area contributed by atoms with Gasteiger partial charge in [0.1, 0.15) is 11.5 Å². The highest BCUT2D eigenvalue weighted by atomic mass is 32.2. The normalized spacial score (nSPS) is 12.5. The molecule has 0 radical (unpaired) electrons. The largest absolute Gasteiger partial charge is 0.497 e. The first kappa shape index (κ1) is 23.7. The second-order valence-corrected chi connectivity index (χ2v) is 8.81. The highest BCUT2D eigenvalue weighted by Crippen LogP contribution is 2.24. The Kier molecular flexibility index (Phi) is 8.25. The van der Waals surface area contributed by atoms with E-state index in [0.717, 1.165) is 11.3 Å². The second-order valence-electron chi connectivity index (χ2n) is 6.87. The molecule has 1 N–H and O–H groups in total. The van der Waals surface area contributed by atoms with Gasteiger partial charge in [-0.1, -0.05) is 26.0 Å². The molecule has 0 aliphatic heterocycles. The Bertz CT molecular complexity index is 954. The third-order valence-electron chi connectivity index (χ3n) is 4.84. The molecule has 0 aliphatic carbocycles. The fraction of sp³-hybridized carbons (Fsp3) is 0.409. The molecule has 30 heavy (non-hydrogen) atoms. The molecule has 2 aromatic rings. The van der Waals surface area contributed by atoms with Crippen LogP contribution < -0.4 is 14.8 Å². The quantitative estimate of drug-likeness (QED) is 0.620. The summed E-state index contributed by atoms with van der Waals surface area (Å²) >= 11 is 0. The predicted octanol–water partition coefficient (Wildman–Crippen LogP) is 3.29. The van der Waals surface area contributed by atoms with Gasteiger partial charge in [-0.15, -0.1) is 0 Å². The van der Waals surface area contributed by atoms with Crippen LogP contribution in [-0.2, 0) is 14.8 Å². The molecule has 0 unspecified atom stereocenters. The summed E-state index contributed by atoms with van der Waals surface area (Å²) in [6, 6.07) is 11.9. The number of rotatable bonds is 10. The smallest absolute Gasteiger partial charge is 0.258 e. The monoisotopic (exact) mass is 434 g/mol. The predicted molar refractivity (Wildman–Crippen MR) is 116 cm³/mol. The Hall–Kier alpha value is -2.58. The van der Waals surface area contributed by atoms with Crippen molar-refractivity contribution >= 4 is 15.9 Å². The zero-order chi connectivity index (χ0) is 22.3. The molecular weight excluding hydrogens is 404 g/mol. The lowest BCUT2D eigenvalue weighted by Crippen LogP contribution is -2.31. The number of sulfonamides is 1. The van der Waals surface area contributed by atoms with Gasteiger partial charge in [-0.2, -0.15) is 4.31 Å². The van der Waals surface area contributed by atoms with Crippen LogP contribution in [0.15, 0.2) is 47.4 Å². The maximum atomic E-state index is 12.6. The molecule has 8 heteroatoms. The summed E-state index contributed by atoms with van der Waals surface area (Å²) in [5, 5.41) is 2.88. The number of hydrogen-bond donors (Lipinski definition) is 1. The number of nitrogens with zero attached hydrogens (tertiary/aromatic N) is 1. The molecule has 0 heterocycles. The molecule has 0 fully saturated rings. The molecule has 0 saturated heterocycles. The highest BCUT2D eigenvalue weighted by Gasteiger charge is 2.22. The number of aryl methyl sites for hydroxylation is 1. The Morgan fingerprint density at radius 2 is 1.73 bits per heavy atom. The summed E-state index contributed by atoms with van der Waals surface area (Å²) < 4.78 is 37.4. The first-order valence-electron chi connectivity index (χ1n) is 9.89. The topological polar surface area (TPSA) is 84.9 Å². The van der Waals surface area contributed by atoms with Gasteiger partial charge in [0.05, 0.1) is 18.0 Å². The molecule has 1 amide bonds. The van der Waals surface area contributed by atoms with Crippen molar-refractivity contribution in [3.05, 3.63) is 53.6 Å². The number of methoxy groups -OCH3 is 1. The zero-order valence-corrected chi connectivity index (χ0v) is 19.0. The third kappa shape index (κ3) is 5.73. The van der Waals surface area contributed by atoms with E-state index in [1.165, 1.54) is 10.4 Å². The van der Waals surface area contributed by atoms with Crippen molar-refractivity contribution in [1.29, 1.82) is 0 Å². The Morgan fingerprint density at radius 3 is 2.27 bits per heavy atom. The van der Waals surface area contributed by atoms with Gasteiger partial charge in [-0.3, -0.25) is 4.79 Å². The standard InChI is InChI=1S/C22H30N2O5S/c1-6-24(7-2)30(26,27)20-12-13-21(16(3)14-20)29-15-22(25)23-17(4)18-8-10-19(28-5)11-9-18/h8-14,17H,6-7,15H2,1-5H3,(H,23,25)/t17-/m1/s1. The van der Waals surface area contributed by atoms with Crippen molar-refractivity contribution in [3.8, 4) is 11.5 Å². The van der Waals surface area contributed by atoms with Gasteiger partial charge in [0, 0.05) is 13.1 Å². The minimum Gasteiger partial charge on any atom is -0.497 e. The van der Waals surface area contributed by atoms with Crippen molar-refractivity contribution in [1.82, 2.24) is 9.62 Å². The van der Waals surface area contributed by atoms with Crippen molar-refractivity contribution in [2.75, 3.05) is 26.8 Å². The molecule has 2 rings (SSSR count). The lowest BCUT2D eigenvalue weighted by molar-refractivity contribution is -0.123. The average Bonchev–Trinajstić information content (AvgIpc) is 2.73. The number of carbonyl (C=O) groups excluding carboxylic acids is 1. The van der Waals surface area contributed by atoms with E-state index in [1.54, 1.807) is 40.0 Å². The van der Waals surface area contributed by atoms with Gasteiger partial charge in [-0.25, -0.2) is 8.42 Å². The lowest BCUT2D eigenvalue weighted by Gasteiger charge is -2.19. The molecule has 0 bridgehead atoms. The average molecular weight is 435 g/mol. The van der Waals surface area contributed by atoms with Crippen LogP contribution in [0.25, 0.3) is 0 Å². The number of amides is 1. The number of nitrogens with one attached hydrogen (secondary N) is 1. The van der Waals surface area contributed by atoms with E-state index < -0.39 is 10.0 Å². The minimum absolute atomic E-state index is 0.163. The fourth-order valence-corrected chi connectivity index (χ4v) is 4.60. The third-order valence-corrected chi connectivity index (χ3v) is 6.89. The van der Waals surface area contributed by atoms with Crippen LogP contribution >= 0.6 is 0 Å². The van der Waals surface area contributed by atoms with Crippen LogP contribution in [0.1, 0.15) is 37.9 Å². The summed E-state index contributed by atoms with van der Waals surface area (Å²) in [5.41, 5.74) is 1.60. The van der Waals surface area contributed by atoms with E-state index in [-0.39, 0.29) is 23.5 Å². The molecule has 164 valence electrons. The van der Waals surface area contributed by atoms with Gasteiger partial charge >= 0.3 is 0 Å². The SMILES string of the molecule is CCN(CC)S(=O)(=O)c1ccc(OCC(=O)N[C@H](C)c2ccc(OC)cc2)c(C)c1. The van der Waals surface area contributed by atoms with Crippen LogP contribution in [0.4, 0.5) is 0 Å². The van der Waals surface area contributed by atoms with Gasteiger partial charge in [0.25, 0.3) is 5.91 Å². The molecule has 0 aromatic heterocycles. The van der Waals surface area contributed by atoms with Gasteiger partial charge in [-0.05, 0) is 55.3 Å². The summed E-state index contributed by atoms with van der Waals surface area (Å²) in [4.78, 5) is 12.5. The lowest BCUT2D eigenvalue weighted by atomic mass is 10.1. The van der Waals surface area contributed by atoms with E-state index >= 15 is 0 Å². The van der Waals surface area contributed by atoms with Crippen LogP contribution in [0.5, 0.6) is 11.5 Å². The fourth-order valence-electron chi connectivity index (χ4n) is 3.06. The van der Waals surface area contributed by atoms with E-state index in [1.807, 2.05) is 31.2 Å². The summed E-state index contributed by atoms with van der Waals surface area (Å²) in [6.07, 6.45) is 0.